The lowest BCUT2D eigenvalue weighted by Crippen LogP contribution is -3.00. The Morgan fingerprint density at radius 3 is 3.05 bits per heavy atom. The maximum atomic E-state index is 13.5. The van der Waals surface area contributed by atoms with E-state index in [9.17, 15) is 4.39 Å². The lowest BCUT2D eigenvalue weighted by atomic mass is 10.1. The van der Waals surface area contributed by atoms with Crippen molar-refractivity contribution in [2.75, 3.05) is 20.9 Å². The van der Waals surface area contributed by atoms with Crippen molar-refractivity contribution >= 4 is 16.8 Å². The molecular weight excluding hydrogens is 279 g/mol. The quantitative estimate of drug-likeness (QED) is 0.655. The Bertz CT molecular complexity index is 532. The van der Waals surface area contributed by atoms with Gasteiger partial charge in [0, 0.05) is 23.0 Å². The maximum absolute atomic E-state index is 13.5. The van der Waals surface area contributed by atoms with Crippen LogP contribution in [0.4, 0.5) is 4.39 Å². The van der Waals surface area contributed by atoms with Crippen molar-refractivity contribution in [3.8, 4) is 5.75 Å². The third-order valence-corrected chi connectivity index (χ3v) is 3.61. The van der Waals surface area contributed by atoms with Gasteiger partial charge in [-0.25, -0.2) is 4.39 Å². The summed E-state index contributed by atoms with van der Waals surface area (Å²) in [6, 6.07) is 2.90. The Balaban J connectivity index is 2.06. The Labute approximate surface area is 122 Å². The molecule has 1 aliphatic rings. The molecule has 0 saturated carbocycles. The third kappa shape index (κ3) is 4.06. The van der Waals surface area contributed by atoms with Crippen molar-refractivity contribution < 1.29 is 18.8 Å². The van der Waals surface area contributed by atoms with Gasteiger partial charge in [0.05, 0.1) is 31.9 Å². The van der Waals surface area contributed by atoms with E-state index >= 15 is 0 Å². The Morgan fingerprint density at radius 1 is 1.50 bits per heavy atom. The minimum atomic E-state index is -0.298. The van der Waals surface area contributed by atoms with E-state index in [1.807, 2.05) is 20.3 Å². The highest BCUT2D eigenvalue weighted by atomic mass is 32.2. The fourth-order valence-electron chi connectivity index (χ4n) is 1.81. The van der Waals surface area contributed by atoms with Crippen molar-refractivity contribution in [3.63, 3.8) is 0 Å². The average Bonchev–Trinajstić information content (AvgIpc) is 2.42. The van der Waals surface area contributed by atoms with Crippen LogP contribution < -0.4 is 9.64 Å². The fraction of sp³-hybridized carbons (Fsp3) is 0.357. The predicted octanol–water partition coefficient (Wildman–Crippen LogP) is 1.56. The second-order valence-corrected chi connectivity index (χ2v) is 5.74. The van der Waals surface area contributed by atoms with Crippen LogP contribution in [-0.2, 0) is 17.1 Å². The molecule has 108 valence electrons. The summed E-state index contributed by atoms with van der Waals surface area (Å²) >= 11 is 1.35. The second-order valence-electron chi connectivity index (χ2n) is 4.73. The van der Waals surface area contributed by atoms with Crippen LogP contribution >= 0.6 is 11.8 Å². The lowest BCUT2D eigenvalue weighted by molar-refractivity contribution is -0.801. The monoisotopic (exact) mass is 297 g/mol. The first-order chi connectivity index (χ1) is 9.56. The number of thioether (sulfide) groups is 1. The third-order valence-electron chi connectivity index (χ3n) is 2.70. The van der Waals surface area contributed by atoms with Crippen LogP contribution in [0.2, 0.25) is 0 Å². The number of hydrogen-bond acceptors (Lipinski definition) is 4. The van der Waals surface area contributed by atoms with E-state index in [4.69, 9.17) is 14.9 Å². The molecule has 0 unspecified atom stereocenters. The maximum Gasteiger partial charge on any atom is 0.189 e. The highest BCUT2D eigenvalue weighted by molar-refractivity contribution is 8.13. The van der Waals surface area contributed by atoms with E-state index in [1.54, 1.807) is 6.08 Å². The molecule has 6 heteroatoms. The van der Waals surface area contributed by atoms with Gasteiger partial charge in [-0.1, -0.05) is 0 Å². The first-order valence-electron chi connectivity index (χ1n) is 6.27. The molecule has 20 heavy (non-hydrogen) atoms. The smallest absolute Gasteiger partial charge is 0.189 e. The van der Waals surface area contributed by atoms with Gasteiger partial charge in [-0.15, -0.1) is 11.8 Å². The molecule has 0 aliphatic carbocycles. The van der Waals surface area contributed by atoms with Crippen LogP contribution in [0.3, 0.4) is 0 Å². The summed E-state index contributed by atoms with van der Waals surface area (Å²) in [5, 5.41) is 8.27. The van der Waals surface area contributed by atoms with Gasteiger partial charge in [-0.2, -0.15) is 0 Å². The highest BCUT2D eigenvalue weighted by Crippen LogP contribution is 2.32. The van der Waals surface area contributed by atoms with E-state index in [-0.39, 0.29) is 12.6 Å². The zero-order valence-corrected chi connectivity index (χ0v) is 12.3. The number of ether oxygens (including phenoxy) is 2. The SMILES string of the molecule is C[NH+](C)/C=C/C(=N)SCc1cc(F)cc2c1OCOC2. The van der Waals surface area contributed by atoms with E-state index in [2.05, 4.69) is 0 Å². The van der Waals surface area contributed by atoms with Crippen molar-refractivity contribution in [1.82, 2.24) is 0 Å². The van der Waals surface area contributed by atoms with Gasteiger partial charge in [-0.05, 0) is 12.1 Å². The van der Waals surface area contributed by atoms with E-state index in [0.717, 1.165) is 16.0 Å². The van der Waals surface area contributed by atoms with Crippen LogP contribution in [-0.4, -0.2) is 25.9 Å². The molecule has 0 atom stereocenters. The number of halogens is 1. The summed E-state index contributed by atoms with van der Waals surface area (Å²) < 4.78 is 24.1. The van der Waals surface area contributed by atoms with Gasteiger partial charge in [0.1, 0.15) is 11.6 Å². The molecule has 1 aliphatic heterocycles. The van der Waals surface area contributed by atoms with Crippen LogP contribution in [0.15, 0.2) is 24.4 Å². The van der Waals surface area contributed by atoms with Gasteiger partial charge in [-0.3, -0.25) is 5.41 Å². The summed E-state index contributed by atoms with van der Waals surface area (Å²) in [6.07, 6.45) is 3.64. The molecule has 2 rings (SSSR count). The molecule has 0 radical (unpaired) electrons. The molecule has 0 amide bonds. The summed E-state index contributed by atoms with van der Waals surface area (Å²) in [4.78, 5) is 1.14. The predicted molar refractivity (Wildman–Crippen MR) is 77.7 cm³/mol. The number of benzene rings is 1. The summed E-state index contributed by atoms with van der Waals surface area (Å²) in [6.45, 7) is 0.559. The van der Waals surface area contributed by atoms with Gasteiger partial charge in [0.25, 0.3) is 0 Å². The molecule has 1 heterocycles. The molecule has 0 fully saturated rings. The van der Waals surface area contributed by atoms with Gasteiger partial charge in [0.15, 0.2) is 6.79 Å². The van der Waals surface area contributed by atoms with Gasteiger partial charge >= 0.3 is 0 Å². The number of nitrogens with one attached hydrogen (secondary N) is 2. The van der Waals surface area contributed by atoms with E-state index in [0.29, 0.717) is 23.2 Å². The number of quaternary nitrogens is 1. The van der Waals surface area contributed by atoms with Crippen molar-refractivity contribution in [1.29, 1.82) is 5.41 Å². The minimum Gasteiger partial charge on any atom is -0.467 e. The largest absolute Gasteiger partial charge is 0.467 e. The van der Waals surface area contributed by atoms with Gasteiger partial charge < -0.3 is 14.4 Å². The summed E-state index contributed by atoms with van der Waals surface area (Å²) in [5.74, 6) is 0.903. The molecule has 4 nitrogen and oxygen atoms in total. The molecule has 1 aromatic carbocycles. The van der Waals surface area contributed by atoms with Crippen molar-refractivity contribution in [2.24, 2.45) is 0 Å². The van der Waals surface area contributed by atoms with Crippen molar-refractivity contribution in [2.45, 2.75) is 12.4 Å². The number of fused-ring (bicyclic) bond motifs is 1. The highest BCUT2D eigenvalue weighted by Gasteiger charge is 2.17. The number of rotatable bonds is 4. The van der Waals surface area contributed by atoms with Crippen LogP contribution in [0.25, 0.3) is 0 Å². The van der Waals surface area contributed by atoms with Crippen LogP contribution in [0.1, 0.15) is 11.1 Å². The second kappa shape index (κ2) is 6.88. The fourth-order valence-corrected chi connectivity index (χ4v) is 2.50. The summed E-state index contributed by atoms with van der Waals surface area (Å²) in [7, 11) is 3.95. The Morgan fingerprint density at radius 2 is 2.30 bits per heavy atom. The molecule has 0 saturated heterocycles. The normalized spacial score (nSPS) is 14.4. The first kappa shape index (κ1) is 15.0. The molecule has 1 aromatic rings. The topological polar surface area (TPSA) is 46.8 Å². The first-order valence-corrected chi connectivity index (χ1v) is 7.26. The molecular formula is C14H18FN2O2S+. The van der Waals surface area contributed by atoms with Crippen LogP contribution in [0, 0.1) is 11.2 Å². The average molecular weight is 297 g/mol. The lowest BCUT2D eigenvalue weighted by Gasteiger charge is -2.20. The Hall–Kier alpha value is -1.37. The van der Waals surface area contributed by atoms with Crippen molar-refractivity contribution in [3.05, 3.63) is 41.4 Å². The minimum absolute atomic E-state index is 0.192. The molecule has 2 N–H and O–H groups in total. The van der Waals surface area contributed by atoms with E-state index < -0.39 is 0 Å². The Kier molecular flexibility index (Phi) is 5.17. The zero-order valence-electron chi connectivity index (χ0n) is 11.5. The molecule has 0 spiro atoms. The molecule has 0 aromatic heterocycles. The van der Waals surface area contributed by atoms with Crippen LogP contribution in [0.5, 0.6) is 5.75 Å². The van der Waals surface area contributed by atoms with Gasteiger partial charge in [0.2, 0.25) is 0 Å². The standard InChI is InChI=1S/C14H17FN2O2S/c1-17(2)4-3-13(16)20-8-11-6-12(15)5-10-7-18-9-19-14(10)11/h3-6,16H,7-9H2,1-2H3/p+1/b4-3+,16-13?. The van der Waals surface area contributed by atoms with E-state index in [1.165, 1.54) is 23.9 Å². The zero-order chi connectivity index (χ0) is 14.5. The summed E-state index contributed by atoms with van der Waals surface area (Å²) in [5.41, 5.74) is 1.50. The number of hydrogen-bond donors (Lipinski definition) is 2. The molecule has 0 bridgehead atoms.